The van der Waals surface area contributed by atoms with E-state index in [0.717, 1.165) is 43.8 Å². The Balaban J connectivity index is 1.92. The highest BCUT2D eigenvalue weighted by atomic mass is 35.5. The van der Waals surface area contributed by atoms with Gasteiger partial charge in [-0.3, -0.25) is 4.99 Å². The molecule has 1 unspecified atom stereocenters. The van der Waals surface area contributed by atoms with Crippen molar-refractivity contribution in [1.29, 1.82) is 0 Å². The van der Waals surface area contributed by atoms with Gasteiger partial charge in [-0.05, 0) is 31.4 Å². The van der Waals surface area contributed by atoms with Crippen LogP contribution >= 0.6 is 23.4 Å². The molecule has 1 saturated heterocycles. The van der Waals surface area contributed by atoms with E-state index in [1.54, 1.807) is 0 Å². The van der Waals surface area contributed by atoms with Crippen molar-refractivity contribution >= 4 is 29.3 Å². The summed E-state index contributed by atoms with van der Waals surface area (Å²) in [5.74, 6) is 2.23. The molecule has 1 aromatic heterocycles. The van der Waals surface area contributed by atoms with Crippen molar-refractivity contribution in [2.75, 3.05) is 31.9 Å². The van der Waals surface area contributed by atoms with Crippen molar-refractivity contribution in [2.24, 2.45) is 4.99 Å². The molecule has 0 aromatic carbocycles. The first kappa shape index (κ1) is 17.4. The van der Waals surface area contributed by atoms with E-state index in [-0.39, 0.29) is 0 Å². The van der Waals surface area contributed by atoms with Gasteiger partial charge in [0.05, 0.1) is 0 Å². The molecule has 1 aliphatic heterocycles. The number of hydrogen-bond donors (Lipinski definition) is 1. The Labute approximate surface area is 142 Å². The first-order valence-electron chi connectivity index (χ1n) is 7.98. The monoisotopic (exact) mass is 340 g/mol. The Bertz CT molecular complexity index is 478. The first-order valence-corrected chi connectivity index (χ1v) is 9.40. The Morgan fingerprint density at radius 2 is 2.36 bits per heavy atom. The third-order valence-electron chi connectivity index (χ3n) is 3.68. The second-order valence-electron chi connectivity index (χ2n) is 5.32. The number of aliphatic imine (C=N–C) groups is 1. The van der Waals surface area contributed by atoms with E-state index in [9.17, 15) is 0 Å². The highest BCUT2D eigenvalue weighted by molar-refractivity contribution is 8.00. The molecule has 1 N–H and O–H groups in total. The molecule has 4 nitrogen and oxygen atoms in total. The average Bonchev–Trinajstić information content (AvgIpc) is 2.56. The first-order chi connectivity index (χ1) is 10.7. The molecule has 0 bridgehead atoms. The number of rotatable bonds is 5. The summed E-state index contributed by atoms with van der Waals surface area (Å²) >= 11 is 7.89. The zero-order chi connectivity index (χ0) is 15.8. The topological polar surface area (TPSA) is 40.5 Å². The van der Waals surface area contributed by atoms with Gasteiger partial charge in [-0.1, -0.05) is 24.6 Å². The number of thioether (sulfide) groups is 1. The normalized spacial score (nSPS) is 19.3. The van der Waals surface area contributed by atoms with Crippen LogP contribution in [-0.4, -0.2) is 53.0 Å². The van der Waals surface area contributed by atoms with Crippen LogP contribution < -0.4 is 5.32 Å². The lowest BCUT2D eigenvalue weighted by molar-refractivity contribution is 0.408. The highest BCUT2D eigenvalue weighted by Crippen LogP contribution is 2.21. The Morgan fingerprint density at radius 1 is 1.50 bits per heavy atom. The molecule has 2 heterocycles. The van der Waals surface area contributed by atoms with Crippen molar-refractivity contribution in [1.82, 2.24) is 15.2 Å². The third kappa shape index (κ3) is 5.36. The standard InChI is InChI=1S/C16H25ClN4S/c1-3-14-12-21(9-10-22-14)16(18-4-2)19-8-7-13-5-6-15(17)20-11-13/h5-6,11,14H,3-4,7-10,12H2,1-2H3,(H,18,19). The molecule has 122 valence electrons. The summed E-state index contributed by atoms with van der Waals surface area (Å²) < 4.78 is 0. The van der Waals surface area contributed by atoms with Crippen LogP contribution in [-0.2, 0) is 6.42 Å². The number of halogens is 1. The minimum Gasteiger partial charge on any atom is -0.357 e. The lowest BCUT2D eigenvalue weighted by Crippen LogP contribution is -2.48. The van der Waals surface area contributed by atoms with Crippen LogP contribution in [0, 0.1) is 0 Å². The van der Waals surface area contributed by atoms with Gasteiger partial charge in [-0.25, -0.2) is 4.98 Å². The molecule has 0 saturated carbocycles. The summed E-state index contributed by atoms with van der Waals surface area (Å²) in [5.41, 5.74) is 1.17. The molecule has 1 atom stereocenters. The number of aromatic nitrogens is 1. The summed E-state index contributed by atoms with van der Waals surface area (Å²) in [6.07, 6.45) is 3.94. The second-order valence-corrected chi connectivity index (χ2v) is 7.12. The second kappa shape index (κ2) is 9.26. The van der Waals surface area contributed by atoms with Gasteiger partial charge in [0.15, 0.2) is 5.96 Å². The molecular weight excluding hydrogens is 316 g/mol. The summed E-state index contributed by atoms with van der Waals surface area (Å²) in [4.78, 5) is 11.3. The zero-order valence-electron chi connectivity index (χ0n) is 13.4. The fourth-order valence-corrected chi connectivity index (χ4v) is 3.72. The van der Waals surface area contributed by atoms with Gasteiger partial charge < -0.3 is 10.2 Å². The number of nitrogens with one attached hydrogen (secondary N) is 1. The molecule has 0 radical (unpaired) electrons. The van der Waals surface area contributed by atoms with Gasteiger partial charge >= 0.3 is 0 Å². The predicted molar refractivity (Wildman–Crippen MR) is 97.0 cm³/mol. The van der Waals surface area contributed by atoms with E-state index in [4.69, 9.17) is 16.6 Å². The minimum atomic E-state index is 0.539. The van der Waals surface area contributed by atoms with Crippen molar-refractivity contribution < 1.29 is 0 Å². The van der Waals surface area contributed by atoms with Gasteiger partial charge in [-0.15, -0.1) is 0 Å². The van der Waals surface area contributed by atoms with Crippen LogP contribution in [0.25, 0.3) is 0 Å². The van der Waals surface area contributed by atoms with Gasteiger partial charge in [0.2, 0.25) is 0 Å². The quantitative estimate of drug-likeness (QED) is 0.508. The molecule has 22 heavy (non-hydrogen) atoms. The van der Waals surface area contributed by atoms with Crippen LogP contribution in [0.1, 0.15) is 25.8 Å². The molecule has 6 heteroatoms. The van der Waals surface area contributed by atoms with Gasteiger partial charge in [-0.2, -0.15) is 11.8 Å². The highest BCUT2D eigenvalue weighted by Gasteiger charge is 2.21. The van der Waals surface area contributed by atoms with Crippen LogP contribution in [0.15, 0.2) is 23.3 Å². The Hall–Kier alpha value is -0.940. The predicted octanol–water partition coefficient (Wildman–Crippen LogP) is 3.07. The lowest BCUT2D eigenvalue weighted by atomic mass is 10.2. The van der Waals surface area contributed by atoms with Gasteiger partial charge in [0.25, 0.3) is 0 Å². The minimum absolute atomic E-state index is 0.539. The van der Waals surface area contributed by atoms with Gasteiger partial charge in [0, 0.05) is 43.4 Å². The van der Waals surface area contributed by atoms with Crippen molar-refractivity contribution in [3.63, 3.8) is 0 Å². The molecule has 2 rings (SSSR count). The number of hydrogen-bond acceptors (Lipinski definition) is 3. The third-order valence-corrected chi connectivity index (χ3v) is 5.27. The Morgan fingerprint density at radius 3 is 3.05 bits per heavy atom. The number of nitrogens with zero attached hydrogens (tertiary/aromatic N) is 3. The molecule has 1 aromatic rings. The van der Waals surface area contributed by atoms with E-state index in [2.05, 4.69) is 40.8 Å². The largest absolute Gasteiger partial charge is 0.357 e. The molecule has 0 amide bonds. The van der Waals surface area contributed by atoms with E-state index >= 15 is 0 Å². The molecule has 0 aliphatic carbocycles. The van der Waals surface area contributed by atoms with E-state index in [1.807, 2.05) is 18.3 Å². The van der Waals surface area contributed by atoms with Crippen LogP contribution in [0.5, 0.6) is 0 Å². The lowest BCUT2D eigenvalue weighted by Gasteiger charge is -2.34. The number of guanidine groups is 1. The summed E-state index contributed by atoms with van der Waals surface area (Å²) in [6.45, 7) is 8.23. The molecular formula is C16H25ClN4S. The fourth-order valence-electron chi connectivity index (χ4n) is 2.43. The van der Waals surface area contributed by atoms with E-state index < -0.39 is 0 Å². The maximum absolute atomic E-state index is 5.81. The Kier molecular flexibility index (Phi) is 7.33. The summed E-state index contributed by atoms with van der Waals surface area (Å²) in [5, 5.41) is 4.68. The van der Waals surface area contributed by atoms with Gasteiger partial charge in [0.1, 0.15) is 5.15 Å². The van der Waals surface area contributed by atoms with Crippen LogP contribution in [0.4, 0.5) is 0 Å². The molecule has 0 spiro atoms. The molecule has 1 fully saturated rings. The average molecular weight is 341 g/mol. The zero-order valence-corrected chi connectivity index (χ0v) is 15.0. The van der Waals surface area contributed by atoms with Crippen LogP contribution in [0.2, 0.25) is 5.15 Å². The fraction of sp³-hybridized carbons (Fsp3) is 0.625. The van der Waals surface area contributed by atoms with Crippen molar-refractivity contribution in [3.05, 3.63) is 29.0 Å². The van der Waals surface area contributed by atoms with Crippen molar-refractivity contribution in [2.45, 2.75) is 31.9 Å². The maximum atomic E-state index is 5.81. The number of pyridine rings is 1. The smallest absolute Gasteiger partial charge is 0.193 e. The SMILES string of the molecule is CCNC(=NCCc1ccc(Cl)nc1)N1CCSC(CC)C1. The van der Waals surface area contributed by atoms with Crippen molar-refractivity contribution in [3.8, 4) is 0 Å². The van der Waals surface area contributed by atoms with E-state index in [0.29, 0.717) is 5.15 Å². The van der Waals surface area contributed by atoms with Crippen LogP contribution in [0.3, 0.4) is 0 Å². The summed E-state index contributed by atoms with van der Waals surface area (Å²) in [6, 6.07) is 3.85. The molecule has 1 aliphatic rings. The maximum Gasteiger partial charge on any atom is 0.193 e. The summed E-state index contributed by atoms with van der Waals surface area (Å²) in [7, 11) is 0. The van der Waals surface area contributed by atoms with E-state index in [1.165, 1.54) is 17.7 Å².